The van der Waals surface area contributed by atoms with Gasteiger partial charge in [0.15, 0.2) is 0 Å². The summed E-state index contributed by atoms with van der Waals surface area (Å²) < 4.78 is 4.89. The van der Waals surface area contributed by atoms with Crippen LogP contribution in [-0.4, -0.2) is 33.8 Å². The number of halogens is 1. The van der Waals surface area contributed by atoms with E-state index < -0.39 is 4.83 Å². The van der Waals surface area contributed by atoms with Crippen molar-refractivity contribution >= 4 is 33.8 Å². The molecule has 1 aromatic heterocycles. The smallest absolute Gasteiger partial charge is 0.338 e. The summed E-state index contributed by atoms with van der Waals surface area (Å²) in [6, 6.07) is 15.0. The number of carbonyl (C=O) groups excluding carboxylic acids is 2. The minimum absolute atomic E-state index is 0.158. The Bertz CT molecular complexity index is 1220. The minimum Gasteiger partial charge on any atom is -0.465 e. The van der Waals surface area contributed by atoms with Crippen LogP contribution in [0.15, 0.2) is 53.3 Å². The van der Waals surface area contributed by atoms with Gasteiger partial charge in [0.05, 0.1) is 17.5 Å². The number of amides is 1. The molecule has 0 aliphatic carbocycles. The van der Waals surface area contributed by atoms with Gasteiger partial charge >= 0.3 is 5.97 Å². The number of hydrogen-bond donors (Lipinski definition) is 2. The molecule has 1 amide bonds. The van der Waals surface area contributed by atoms with E-state index in [-0.39, 0.29) is 23.4 Å². The molecule has 0 radical (unpaired) electrons. The highest BCUT2D eigenvalue weighted by molar-refractivity contribution is 9.10. The molecule has 0 saturated heterocycles. The standard InChI is InChI=1S/C26H28BrN3O4/c1-4-5-10-22-21(24(32)30-26(28-22)29-23(31)16(2)27)15-17-11-13-18(14-12-17)19-8-6-7-9-20(19)25(33)34-3/h6-9,11-14,16H,4-5,10,15H2,1-3H3,(H2,28,29,30,31,32). The number of anilines is 1. The fourth-order valence-electron chi connectivity index (χ4n) is 3.60. The van der Waals surface area contributed by atoms with E-state index in [4.69, 9.17) is 4.74 Å². The molecule has 1 heterocycles. The maximum atomic E-state index is 12.9. The van der Waals surface area contributed by atoms with Crippen LogP contribution in [0.5, 0.6) is 0 Å². The van der Waals surface area contributed by atoms with Crippen LogP contribution in [0.4, 0.5) is 5.95 Å². The molecule has 2 aromatic carbocycles. The lowest BCUT2D eigenvalue weighted by atomic mass is 9.96. The third-order valence-electron chi connectivity index (χ3n) is 5.47. The van der Waals surface area contributed by atoms with Gasteiger partial charge in [0.2, 0.25) is 11.9 Å². The summed E-state index contributed by atoms with van der Waals surface area (Å²) in [4.78, 5) is 43.8. The van der Waals surface area contributed by atoms with Gasteiger partial charge in [0.25, 0.3) is 5.56 Å². The molecule has 1 atom stereocenters. The van der Waals surface area contributed by atoms with Gasteiger partial charge in [-0.3, -0.25) is 14.9 Å². The Morgan fingerprint density at radius 1 is 1.15 bits per heavy atom. The summed E-state index contributed by atoms with van der Waals surface area (Å²) in [6.07, 6.45) is 2.96. The van der Waals surface area contributed by atoms with Crippen molar-refractivity contribution in [3.05, 3.63) is 81.3 Å². The molecule has 3 aromatic rings. The third kappa shape index (κ3) is 6.20. The van der Waals surface area contributed by atoms with Gasteiger partial charge in [-0.25, -0.2) is 4.79 Å². The average Bonchev–Trinajstić information content (AvgIpc) is 2.84. The Balaban J connectivity index is 1.90. The van der Waals surface area contributed by atoms with Crippen LogP contribution in [0.2, 0.25) is 0 Å². The molecule has 0 aliphatic rings. The van der Waals surface area contributed by atoms with Gasteiger partial charge in [0.1, 0.15) is 0 Å². The predicted molar refractivity (Wildman–Crippen MR) is 137 cm³/mol. The van der Waals surface area contributed by atoms with Gasteiger partial charge in [-0.2, -0.15) is 4.98 Å². The Morgan fingerprint density at radius 3 is 2.50 bits per heavy atom. The fourth-order valence-corrected chi connectivity index (χ4v) is 3.71. The van der Waals surface area contributed by atoms with Crippen LogP contribution in [0.3, 0.4) is 0 Å². The fraction of sp³-hybridized carbons (Fsp3) is 0.308. The predicted octanol–water partition coefficient (Wildman–Crippen LogP) is 4.88. The highest BCUT2D eigenvalue weighted by atomic mass is 79.9. The van der Waals surface area contributed by atoms with E-state index in [9.17, 15) is 14.4 Å². The molecule has 3 rings (SSSR count). The molecule has 178 valence electrons. The van der Waals surface area contributed by atoms with Crippen LogP contribution in [-0.2, 0) is 22.4 Å². The van der Waals surface area contributed by atoms with Crippen LogP contribution in [0, 0.1) is 0 Å². The van der Waals surface area contributed by atoms with Gasteiger partial charge in [-0.1, -0.05) is 71.7 Å². The number of methoxy groups -OCH3 is 1. The Labute approximate surface area is 207 Å². The van der Waals surface area contributed by atoms with Crippen molar-refractivity contribution in [3.8, 4) is 11.1 Å². The molecule has 2 N–H and O–H groups in total. The molecule has 0 bridgehead atoms. The zero-order chi connectivity index (χ0) is 24.7. The number of unbranched alkanes of at least 4 members (excludes halogenated alkanes) is 1. The van der Waals surface area contributed by atoms with Crippen molar-refractivity contribution in [3.63, 3.8) is 0 Å². The molecule has 7 nitrogen and oxygen atoms in total. The first kappa shape index (κ1) is 25.4. The van der Waals surface area contributed by atoms with Crippen LogP contribution < -0.4 is 10.9 Å². The first-order valence-electron chi connectivity index (χ1n) is 11.2. The van der Waals surface area contributed by atoms with Gasteiger partial charge in [-0.15, -0.1) is 0 Å². The number of ether oxygens (including phenoxy) is 1. The molecule has 1 unspecified atom stereocenters. The summed E-state index contributed by atoms with van der Waals surface area (Å²) in [5.41, 5.74) is 4.10. The van der Waals surface area contributed by atoms with E-state index in [0.29, 0.717) is 24.0 Å². The number of aromatic nitrogens is 2. The second-order valence-electron chi connectivity index (χ2n) is 7.97. The summed E-state index contributed by atoms with van der Waals surface area (Å²) in [7, 11) is 1.36. The van der Waals surface area contributed by atoms with Crippen molar-refractivity contribution in [1.82, 2.24) is 9.97 Å². The molecule has 34 heavy (non-hydrogen) atoms. The second kappa shape index (κ2) is 11.7. The molecular formula is C26H28BrN3O4. The number of H-pyrrole nitrogens is 1. The maximum Gasteiger partial charge on any atom is 0.338 e. The molecule has 0 aliphatic heterocycles. The number of aryl methyl sites for hydroxylation is 1. The number of aromatic amines is 1. The maximum absolute atomic E-state index is 12.9. The molecule has 8 heteroatoms. The van der Waals surface area contributed by atoms with Crippen LogP contribution in [0.25, 0.3) is 11.1 Å². The van der Waals surface area contributed by atoms with Gasteiger partial charge in [-0.05, 0) is 42.5 Å². The Hall–Kier alpha value is -3.26. The zero-order valence-electron chi connectivity index (χ0n) is 19.5. The Kier molecular flexibility index (Phi) is 8.76. The number of rotatable bonds is 9. The third-order valence-corrected chi connectivity index (χ3v) is 5.88. The first-order valence-corrected chi connectivity index (χ1v) is 12.1. The second-order valence-corrected chi connectivity index (χ2v) is 9.34. The molecule has 0 spiro atoms. The van der Waals surface area contributed by atoms with Crippen molar-refractivity contribution in [2.45, 2.75) is 44.4 Å². The van der Waals surface area contributed by atoms with Crippen LogP contribution >= 0.6 is 15.9 Å². The van der Waals surface area contributed by atoms with Crippen molar-refractivity contribution in [1.29, 1.82) is 0 Å². The highest BCUT2D eigenvalue weighted by Gasteiger charge is 2.16. The highest BCUT2D eigenvalue weighted by Crippen LogP contribution is 2.25. The monoisotopic (exact) mass is 525 g/mol. The van der Waals surface area contributed by atoms with Gasteiger partial charge in [0, 0.05) is 17.7 Å². The van der Waals surface area contributed by atoms with E-state index in [2.05, 4.69) is 38.1 Å². The van der Waals surface area contributed by atoms with E-state index >= 15 is 0 Å². The lowest BCUT2D eigenvalue weighted by Gasteiger charge is -2.13. The zero-order valence-corrected chi connectivity index (χ0v) is 21.1. The van der Waals surface area contributed by atoms with Gasteiger partial charge < -0.3 is 9.72 Å². The summed E-state index contributed by atoms with van der Waals surface area (Å²) >= 11 is 3.22. The minimum atomic E-state index is -0.403. The van der Waals surface area contributed by atoms with Crippen molar-refractivity contribution < 1.29 is 14.3 Å². The summed E-state index contributed by atoms with van der Waals surface area (Å²) in [6.45, 7) is 3.78. The average molecular weight is 526 g/mol. The van der Waals surface area contributed by atoms with E-state index in [0.717, 1.165) is 35.2 Å². The number of benzene rings is 2. The largest absolute Gasteiger partial charge is 0.465 e. The number of carbonyl (C=O) groups is 2. The quantitative estimate of drug-likeness (QED) is 0.306. The number of hydrogen-bond acceptors (Lipinski definition) is 5. The molecule has 0 saturated carbocycles. The Morgan fingerprint density at radius 2 is 1.85 bits per heavy atom. The topological polar surface area (TPSA) is 101 Å². The molecule has 0 fully saturated rings. The van der Waals surface area contributed by atoms with Crippen molar-refractivity contribution in [2.75, 3.05) is 12.4 Å². The lowest BCUT2D eigenvalue weighted by molar-refractivity contribution is -0.115. The molecular weight excluding hydrogens is 498 g/mol. The summed E-state index contributed by atoms with van der Waals surface area (Å²) in [5, 5.41) is 2.64. The van der Waals surface area contributed by atoms with E-state index in [1.165, 1.54) is 7.11 Å². The number of esters is 1. The first-order chi connectivity index (χ1) is 16.3. The number of nitrogens with one attached hydrogen (secondary N) is 2. The lowest BCUT2D eigenvalue weighted by Crippen LogP contribution is -2.26. The van der Waals surface area contributed by atoms with Crippen LogP contribution in [0.1, 0.15) is 53.9 Å². The SMILES string of the molecule is CCCCc1[nH]c(NC(=O)C(C)Br)nc(=O)c1Cc1ccc(-c2ccccc2C(=O)OC)cc1. The van der Waals surface area contributed by atoms with Crippen molar-refractivity contribution in [2.24, 2.45) is 0 Å². The summed E-state index contributed by atoms with van der Waals surface area (Å²) in [5.74, 6) is -0.509. The normalized spacial score (nSPS) is 11.6. The van der Waals surface area contributed by atoms with E-state index in [1.807, 2.05) is 36.4 Å². The number of alkyl halides is 1. The number of nitrogens with zero attached hydrogens (tertiary/aromatic N) is 1. The van der Waals surface area contributed by atoms with E-state index in [1.54, 1.807) is 19.1 Å².